The molecule has 1 fully saturated rings. The normalized spacial score (nSPS) is 38.7. The maximum Gasteiger partial charge on any atom is 0.106 e. The van der Waals surface area contributed by atoms with E-state index in [-0.39, 0.29) is 11.5 Å². The van der Waals surface area contributed by atoms with E-state index < -0.39 is 0 Å². The number of hydrogen-bond acceptors (Lipinski definition) is 3. The van der Waals surface area contributed by atoms with Crippen molar-refractivity contribution in [2.24, 2.45) is 10.4 Å². The van der Waals surface area contributed by atoms with Crippen molar-refractivity contribution in [1.82, 2.24) is 5.32 Å². The van der Waals surface area contributed by atoms with Crippen LogP contribution in [-0.2, 0) is 0 Å². The summed E-state index contributed by atoms with van der Waals surface area (Å²) in [6, 6.07) is 8.26. The first-order valence-corrected chi connectivity index (χ1v) is 5.90. The summed E-state index contributed by atoms with van der Waals surface area (Å²) in [5.74, 6) is 1.53. The maximum atomic E-state index is 10.5. The van der Waals surface area contributed by atoms with Crippen LogP contribution in [0.25, 0.3) is 0 Å². The third-order valence-corrected chi connectivity index (χ3v) is 4.27. The Kier molecular flexibility index (Phi) is 1.46. The molecule has 0 spiro atoms. The highest BCUT2D eigenvalue weighted by Gasteiger charge is 2.68. The second-order valence-electron chi connectivity index (χ2n) is 4.99. The fourth-order valence-corrected chi connectivity index (χ4v) is 3.42. The van der Waals surface area contributed by atoms with Crippen molar-refractivity contribution >= 4 is 5.84 Å². The maximum absolute atomic E-state index is 10.5. The van der Waals surface area contributed by atoms with Crippen LogP contribution in [0.1, 0.15) is 29.6 Å². The molecule has 0 amide bonds. The quantitative estimate of drug-likeness (QED) is 0.738. The Hall–Kier alpha value is -1.35. The molecule has 2 aliphatic carbocycles. The first-order chi connectivity index (χ1) is 7.84. The lowest BCUT2D eigenvalue weighted by molar-refractivity contribution is 0.134. The molecule has 1 heterocycles. The number of nitrogens with one attached hydrogen (secondary N) is 1. The monoisotopic (exact) mass is 214 g/mol. The molecular formula is C13H14N2O. The zero-order valence-electron chi connectivity index (χ0n) is 8.98. The van der Waals surface area contributed by atoms with Crippen molar-refractivity contribution in [2.45, 2.75) is 18.4 Å². The number of nitrogens with zero attached hydrogens (tertiary/aromatic N) is 1. The Balaban J connectivity index is 1.83. The van der Waals surface area contributed by atoms with Crippen LogP contribution in [-0.4, -0.2) is 24.0 Å². The SMILES string of the molecule is OC1c2ccccc2C2CC12C1=NCCN1. The predicted molar refractivity (Wildman–Crippen MR) is 61.5 cm³/mol. The van der Waals surface area contributed by atoms with Crippen LogP contribution in [0.4, 0.5) is 0 Å². The van der Waals surface area contributed by atoms with E-state index in [0.29, 0.717) is 5.92 Å². The van der Waals surface area contributed by atoms with Gasteiger partial charge in [0.25, 0.3) is 0 Å². The molecule has 0 saturated heterocycles. The summed E-state index contributed by atoms with van der Waals surface area (Å²) < 4.78 is 0. The average molecular weight is 214 g/mol. The molecule has 1 aromatic rings. The molecule has 82 valence electrons. The van der Waals surface area contributed by atoms with Gasteiger partial charge in [0.2, 0.25) is 0 Å². The average Bonchev–Trinajstić information content (AvgIpc) is 2.73. The minimum Gasteiger partial charge on any atom is -0.387 e. The second-order valence-corrected chi connectivity index (χ2v) is 4.99. The lowest BCUT2D eigenvalue weighted by Crippen LogP contribution is -2.32. The Morgan fingerprint density at radius 1 is 1.31 bits per heavy atom. The van der Waals surface area contributed by atoms with Crippen LogP contribution >= 0.6 is 0 Å². The van der Waals surface area contributed by atoms with Gasteiger partial charge in [-0.2, -0.15) is 0 Å². The summed E-state index contributed by atoms with van der Waals surface area (Å²) in [6.07, 6.45) is 0.690. The molecule has 0 aromatic heterocycles. The largest absolute Gasteiger partial charge is 0.387 e. The highest BCUT2D eigenvalue weighted by Crippen LogP contribution is 2.72. The number of aliphatic hydroxyl groups excluding tert-OH is 1. The predicted octanol–water partition coefficient (Wildman–Crippen LogP) is 1.21. The van der Waals surface area contributed by atoms with Gasteiger partial charge < -0.3 is 10.4 Å². The summed E-state index contributed by atoms with van der Waals surface area (Å²) >= 11 is 0. The third kappa shape index (κ3) is 0.824. The molecule has 2 N–H and O–H groups in total. The van der Waals surface area contributed by atoms with E-state index in [1.165, 1.54) is 5.56 Å². The van der Waals surface area contributed by atoms with Crippen LogP contribution in [0.3, 0.4) is 0 Å². The van der Waals surface area contributed by atoms with Gasteiger partial charge in [0.15, 0.2) is 0 Å². The van der Waals surface area contributed by atoms with E-state index in [4.69, 9.17) is 0 Å². The molecule has 3 unspecified atom stereocenters. The molecule has 3 aliphatic rings. The number of benzene rings is 1. The first kappa shape index (κ1) is 8.76. The highest BCUT2D eigenvalue weighted by atomic mass is 16.3. The van der Waals surface area contributed by atoms with Crippen molar-refractivity contribution < 1.29 is 5.11 Å². The zero-order valence-corrected chi connectivity index (χ0v) is 8.98. The molecule has 1 aliphatic heterocycles. The minimum atomic E-state index is -0.363. The number of aliphatic hydroxyl groups is 1. The van der Waals surface area contributed by atoms with Crippen molar-refractivity contribution in [3.05, 3.63) is 35.4 Å². The fraction of sp³-hybridized carbons (Fsp3) is 0.462. The topological polar surface area (TPSA) is 44.6 Å². The van der Waals surface area contributed by atoms with E-state index in [9.17, 15) is 5.11 Å². The van der Waals surface area contributed by atoms with Gasteiger partial charge in [-0.1, -0.05) is 24.3 Å². The van der Waals surface area contributed by atoms with Gasteiger partial charge in [-0.05, 0) is 17.5 Å². The van der Waals surface area contributed by atoms with Gasteiger partial charge >= 0.3 is 0 Å². The van der Waals surface area contributed by atoms with Gasteiger partial charge in [0.05, 0.1) is 18.1 Å². The van der Waals surface area contributed by atoms with Crippen LogP contribution in [0.5, 0.6) is 0 Å². The van der Waals surface area contributed by atoms with Gasteiger partial charge in [-0.25, -0.2) is 0 Å². The minimum absolute atomic E-state index is 0.0970. The number of rotatable bonds is 1. The Morgan fingerprint density at radius 3 is 2.81 bits per heavy atom. The van der Waals surface area contributed by atoms with E-state index in [1.807, 2.05) is 12.1 Å². The molecule has 1 saturated carbocycles. The zero-order chi connectivity index (χ0) is 10.8. The van der Waals surface area contributed by atoms with Crippen LogP contribution < -0.4 is 5.32 Å². The van der Waals surface area contributed by atoms with Gasteiger partial charge in [-0.15, -0.1) is 0 Å². The molecular weight excluding hydrogens is 200 g/mol. The summed E-state index contributed by atoms with van der Waals surface area (Å²) in [6.45, 7) is 1.78. The van der Waals surface area contributed by atoms with E-state index >= 15 is 0 Å². The molecule has 3 nitrogen and oxygen atoms in total. The van der Waals surface area contributed by atoms with Gasteiger partial charge in [-0.3, -0.25) is 4.99 Å². The lowest BCUT2D eigenvalue weighted by atomic mass is 9.96. The van der Waals surface area contributed by atoms with E-state index in [2.05, 4.69) is 22.4 Å². The summed E-state index contributed by atoms with van der Waals surface area (Å²) in [5, 5.41) is 13.8. The van der Waals surface area contributed by atoms with Crippen molar-refractivity contribution in [3.8, 4) is 0 Å². The molecule has 3 heteroatoms. The fourth-order valence-electron chi connectivity index (χ4n) is 3.42. The van der Waals surface area contributed by atoms with Crippen molar-refractivity contribution in [2.75, 3.05) is 13.1 Å². The number of amidine groups is 1. The molecule has 1 aromatic carbocycles. The molecule has 3 atom stereocenters. The number of fused-ring (bicyclic) bond motifs is 3. The molecule has 0 radical (unpaired) electrons. The first-order valence-electron chi connectivity index (χ1n) is 5.90. The standard InChI is InChI=1S/C13H14N2O/c16-11-9-4-2-1-3-8(9)10-7-13(10,11)12-14-5-6-15-12/h1-4,10-11,16H,5-7H2,(H,14,15). The number of aliphatic imine (C=N–C) groups is 1. The Morgan fingerprint density at radius 2 is 2.12 bits per heavy atom. The van der Waals surface area contributed by atoms with Crippen LogP contribution in [0.15, 0.2) is 29.3 Å². The summed E-state index contributed by atoms with van der Waals surface area (Å²) in [5.41, 5.74) is 2.33. The third-order valence-electron chi connectivity index (χ3n) is 4.27. The van der Waals surface area contributed by atoms with Gasteiger partial charge in [0.1, 0.15) is 5.84 Å². The second kappa shape index (κ2) is 2.66. The smallest absolute Gasteiger partial charge is 0.106 e. The lowest BCUT2D eigenvalue weighted by Gasteiger charge is -2.19. The van der Waals surface area contributed by atoms with Crippen LogP contribution in [0.2, 0.25) is 0 Å². The van der Waals surface area contributed by atoms with E-state index in [0.717, 1.165) is 30.9 Å². The molecule has 4 rings (SSSR count). The highest BCUT2D eigenvalue weighted by molar-refractivity contribution is 5.95. The Bertz CT molecular complexity index is 481. The van der Waals surface area contributed by atoms with Crippen molar-refractivity contribution in [3.63, 3.8) is 0 Å². The van der Waals surface area contributed by atoms with E-state index in [1.54, 1.807) is 0 Å². The summed E-state index contributed by atoms with van der Waals surface area (Å²) in [7, 11) is 0. The van der Waals surface area contributed by atoms with Crippen LogP contribution in [0, 0.1) is 5.41 Å². The Labute approximate surface area is 94.2 Å². The van der Waals surface area contributed by atoms with Crippen molar-refractivity contribution in [1.29, 1.82) is 0 Å². The van der Waals surface area contributed by atoms with Gasteiger partial charge in [0, 0.05) is 12.5 Å². The number of hydrogen-bond donors (Lipinski definition) is 2. The molecule has 16 heavy (non-hydrogen) atoms. The summed E-state index contributed by atoms with van der Waals surface area (Å²) in [4.78, 5) is 4.51. The molecule has 0 bridgehead atoms.